The van der Waals surface area contributed by atoms with Crippen molar-refractivity contribution >= 4 is 0 Å². The van der Waals surface area contributed by atoms with Crippen LogP contribution in [0.15, 0.2) is 0 Å². The number of nitriles is 1. The van der Waals surface area contributed by atoms with Gasteiger partial charge in [-0.05, 0) is 34.7 Å². The van der Waals surface area contributed by atoms with Crippen molar-refractivity contribution in [3.05, 3.63) is 0 Å². The molecule has 0 amide bonds. The maximum absolute atomic E-state index is 8.63. The van der Waals surface area contributed by atoms with E-state index >= 15 is 0 Å². The van der Waals surface area contributed by atoms with E-state index in [2.05, 4.69) is 11.0 Å². The van der Waals surface area contributed by atoms with E-state index < -0.39 is 0 Å². The second-order valence-corrected chi connectivity index (χ2v) is 4.75. The largest absolute Gasteiger partial charge is 0.375 e. The lowest BCUT2D eigenvalue weighted by Crippen LogP contribution is -2.30. The Morgan fingerprint density at radius 1 is 1.43 bits per heavy atom. The van der Waals surface area contributed by atoms with Crippen LogP contribution < -0.4 is 0 Å². The molecule has 3 nitrogen and oxygen atoms in total. The van der Waals surface area contributed by atoms with Crippen LogP contribution in [0.25, 0.3) is 0 Å². The average Bonchev–Trinajstić information content (AvgIpc) is 2.01. The third-order valence-corrected chi connectivity index (χ3v) is 1.81. The smallest absolute Gasteiger partial charge is 0.0666 e. The van der Waals surface area contributed by atoms with Gasteiger partial charge in [-0.2, -0.15) is 5.26 Å². The second kappa shape index (κ2) is 6.00. The van der Waals surface area contributed by atoms with Crippen LogP contribution in [0.3, 0.4) is 0 Å². The lowest BCUT2D eigenvalue weighted by atomic mass is 10.2. The molecule has 0 aromatic heterocycles. The summed E-state index contributed by atoms with van der Waals surface area (Å²) in [6, 6.07) is 2.22. The molecule has 0 aliphatic heterocycles. The van der Waals surface area contributed by atoms with Crippen molar-refractivity contribution in [2.24, 2.45) is 5.92 Å². The molecule has 0 spiro atoms. The quantitative estimate of drug-likeness (QED) is 0.677. The van der Waals surface area contributed by atoms with E-state index in [9.17, 15) is 0 Å². The van der Waals surface area contributed by atoms with Crippen LogP contribution in [0.1, 0.15) is 27.7 Å². The first-order chi connectivity index (χ1) is 6.35. The Hall–Kier alpha value is -0.590. The predicted molar refractivity (Wildman–Crippen MR) is 58.0 cm³/mol. The normalized spacial score (nSPS) is 14.1. The van der Waals surface area contributed by atoms with E-state index in [0.29, 0.717) is 0 Å². The van der Waals surface area contributed by atoms with Gasteiger partial charge in [-0.15, -0.1) is 0 Å². The first-order valence-corrected chi connectivity index (χ1v) is 5.07. The van der Waals surface area contributed by atoms with Gasteiger partial charge in [-0.1, -0.05) is 0 Å². The molecule has 0 fully saturated rings. The zero-order chi connectivity index (χ0) is 11.2. The lowest BCUT2D eigenvalue weighted by molar-refractivity contribution is -0.0112. The van der Waals surface area contributed by atoms with E-state index in [1.807, 2.05) is 34.7 Å². The third kappa shape index (κ3) is 8.03. The molecule has 0 radical (unpaired) electrons. The molecule has 0 aromatic rings. The molecule has 1 unspecified atom stereocenters. The molecular formula is C11H22N2O. The highest BCUT2D eigenvalue weighted by Crippen LogP contribution is 2.06. The number of rotatable bonds is 5. The minimum atomic E-state index is -0.0678. The van der Waals surface area contributed by atoms with Crippen LogP contribution in [0.5, 0.6) is 0 Å². The zero-order valence-electron chi connectivity index (χ0n) is 10.0. The zero-order valence-corrected chi connectivity index (χ0v) is 10.0. The predicted octanol–water partition coefficient (Wildman–Crippen LogP) is 1.89. The number of hydrogen-bond donors (Lipinski definition) is 0. The van der Waals surface area contributed by atoms with E-state index in [1.165, 1.54) is 0 Å². The standard InChI is InChI=1S/C11H22N2O/c1-10(8-12)9-13(5)6-7-14-11(2,3)4/h10H,6-7,9H2,1-5H3. The molecule has 0 aliphatic carbocycles. The second-order valence-electron chi connectivity index (χ2n) is 4.75. The molecular weight excluding hydrogens is 176 g/mol. The molecule has 0 rings (SSSR count). The van der Waals surface area contributed by atoms with Crippen molar-refractivity contribution in [3.63, 3.8) is 0 Å². The topological polar surface area (TPSA) is 36.3 Å². The highest BCUT2D eigenvalue weighted by atomic mass is 16.5. The number of hydrogen-bond acceptors (Lipinski definition) is 3. The third-order valence-electron chi connectivity index (χ3n) is 1.81. The summed E-state index contributed by atoms with van der Waals surface area (Å²) in [4.78, 5) is 2.12. The summed E-state index contributed by atoms with van der Waals surface area (Å²) in [5, 5.41) is 8.63. The molecule has 0 aromatic carbocycles. The van der Waals surface area contributed by atoms with Gasteiger partial charge in [0.05, 0.1) is 24.2 Å². The van der Waals surface area contributed by atoms with Gasteiger partial charge in [0, 0.05) is 13.1 Å². The minimum absolute atomic E-state index is 0.0678. The van der Waals surface area contributed by atoms with Gasteiger partial charge in [-0.3, -0.25) is 0 Å². The Bertz CT molecular complexity index is 190. The first-order valence-electron chi connectivity index (χ1n) is 5.07. The number of ether oxygens (including phenoxy) is 1. The van der Waals surface area contributed by atoms with E-state index in [0.717, 1.165) is 19.7 Å². The summed E-state index contributed by atoms with van der Waals surface area (Å²) in [6.45, 7) is 10.5. The summed E-state index contributed by atoms with van der Waals surface area (Å²) in [7, 11) is 2.01. The molecule has 14 heavy (non-hydrogen) atoms. The summed E-state index contributed by atoms with van der Waals surface area (Å²) in [5.41, 5.74) is -0.0678. The molecule has 1 atom stereocenters. The molecule has 0 saturated carbocycles. The van der Waals surface area contributed by atoms with Crippen molar-refractivity contribution in [2.75, 3.05) is 26.7 Å². The fourth-order valence-corrected chi connectivity index (χ4v) is 1.11. The van der Waals surface area contributed by atoms with Crippen LogP contribution >= 0.6 is 0 Å². The van der Waals surface area contributed by atoms with Crippen LogP contribution in [-0.4, -0.2) is 37.2 Å². The fourth-order valence-electron chi connectivity index (χ4n) is 1.11. The fraction of sp³-hybridized carbons (Fsp3) is 0.909. The Morgan fingerprint density at radius 2 is 2.00 bits per heavy atom. The summed E-state index contributed by atoms with van der Waals surface area (Å²) < 4.78 is 5.59. The summed E-state index contributed by atoms with van der Waals surface area (Å²) in [5.74, 6) is 0.0923. The SMILES string of the molecule is CC(C#N)CN(C)CCOC(C)(C)C. The molecule has 0 bridgehead atoms. The Morgan fingerprint density at radius 3 is 2.43 bits per heavy atom. The van der Waals surface area contributed by atoms with Crippen LogP contribution in [0.2, 0.25) is 0 Å². The van der Waals surface area contributed by atoms with Crippen molar-refractivity contribution in [2.45, 2.75) is 33.3 Å². The Labute approximate surface area is 87.7 Å². The van der Waals surface area contributed by atoms with E-state index in [4.69, 9.17) is 10.00 Å². The molecule has 0 N–H and O–H groups in total. The minimum Gasteiger partial charge on any atom is -0.375 e. The van der Waals surface area contributed by atoms with Crippen LogP contribution in [0.4, 0.5) is 0 Å². The Kier molecular flexibility index (Phi) is 5.75. The summed E-state index contributed by atoms with van der Waals surface area (Å²) >= 11 is 0. The summed E-state index contributed by atoms with van der Waals surface area (Å²) in [6.07, 6.45) is 0. The van der Waals surface area contributed by atoms with Gasteiger partial charge >= 0.3 is 0 Å². The molecule has 0 heterocycles. The maximum atomic E-state index is 8.63. The number of likely N-dealkylation sites (N-methyl/N-ethyl adjacent to an activating group) is 1. The van der Waals surface area contributed by atoms with Crippen LogP contribution in [-0.2, 0) is 4.74 Å². The first kappa shape index (κ1) is 13.4. The highest BCUT2D eigenvalue weighted by molar-refractivity contribution is 4.80. The van der Waals surface area contributed by atoms with Crippen molar-refractivity contribution in [1.82, 2.24) is 4.90 Å². The number of nitrogens with zero attached hydrogens (tertiary/aromatic N) is 2. The van der Waals surface area contributed by atoms with Gasteiger partial charge in [0.1, 0.15) is 0 Å². The molecule has 0 aliphatic rings. The van der Waals surface area contributed by atoms with Crippen molar-refractivity contribution in [3.8, 4) is 6.07 Å². The van der Waals surface area contributed by atoms with Gasteiger partial charge in [-0.25, -0.2) is 0 Å². The van der Waals surface area contributed by atoms with E-state index in [-0.39, 0.29) is 11.5 Å². The average molecular weight is 198 g/mol. The monoisotopic (exact) mass is 198 g/mol. The maximum Gasteiger partial charge on any atom is 0.0666 e. The van der Waals surface area contributed by atoms with Gasteiger partial charge < -0.3 is 9.64 Å². The van der Waals surface area contributed by atoms with Gasteiger partial charge in [0.15, 0.2) is 0 Å². The molecule has 3 heteroatoms. The van der Waals surface area contributed by atoms with Crippen molar-refractivity contribution < 1.29 is 4.74 Å². The molecule has 82 valence electrons. The van der Waals surface area contributed by atoms with E-state index in [1.54, 1.807) is 0 Å². The van der Waals surface area contributed by atoms with Crippen molar-refractivity contribution in [1.29, 1.82) is 5.26 Å². The van der Waals surface area contributed by atoms with Crippen LogP contribution in [0, 0.1) is 17.2 Å². The molecule has 0 saturated heterocycles. The van der Waals surface area contributed by atoms with Gasteiger partial charge in [0.2, 0.25) is 0 Å². The lowest BCUT2D eigenvalue weighted by Gasteiger charge is -2.23. The Balaban J connectivity index is 3.56. The van der Waals surface area contributed by atoms with Gasteiger partial charge in [0.25, 0.3) is 0 Å². The highest BCUT2D eigenvalue weighted by Gasteiger charge is 2.10.